The second-order valence-electron chi connectivity index (χ2n) is 5.58. The summed E-state index contributed by atoms with van der Waals surface area (Å²) in [5.74, 6) is -1.58. The number of pyridine rings is 1. The first-order chi connectivity index (χ1) is 11.5. The number of carboxylic acid groups (broad SMARTS) is 1. The van der Waals surface area contributed by atoms with Crippen LogP contribution in [0.15, 0.2) is 54.7 Å². The van der Waals surface area contributed by atoms with Crippen molar-refractivity contribution in [1.82, 2.24) is 14.7 Å². The van der Waals surface area contributed by atoms with Crippen LogP contribution in [0.25, 0.3) is 5.65 Å². The summed E-state index contributed by atoms with van der Waals surface area (Å²) in [5.41, 5.74) is 2.63. The fraction of sp³-hybridized carbons (Fsp3) is 0.167. The summed E-state index contributed by atoms with van der Waals surface area (Å²) in [6.45, 7) is 1.91. The number of aromatic nitrogens is 2. The van der Waals surface area contributed by atoms with Crippen molar-refractivity contribution < 1.29 is 14.7 Å². The SMILES string of the molecule is Cc1cccc2nc(C(=O)NC(Cc3ccccc3)C(=O)O)cn12. The molecule has 6 heteroatoms. The van der Waals surface area contributed by atoms with E-state index in [1.165, 1.54) is 0 Å². The second-order valence-corrected chi connectivity index (χ2v) is 5.58. The number of rotatable bonds is 5. The van der Waals surface area contributed by atoms with E-state index in [1.54, 1.807) is 16.7 Å². The van der Waals surface area contributed by atoms with Crippen molar-refractivity contribution in [3.05, 3.63) is 71.7 Å². The van der Waals surface area contributed by atoms with E-state index in [-0.39, 0.29) is 12.1 Å². The molecular formula is C18H17N3O3. The molecule has 3 rings (SSSR count). The number of hydrogen-bond donors (Lipinski definition) is 2. The van der Waals surface area contributed by atoms with Gasteiger partial charge in [0.1, 0.15) is 17.4 Å². The Morgan fingerprint density at radius 1 is 1.17 bits per heavy atom. The number of imidazole rings is 1. The average Bonchev–Trinajstić information content (AvgIpc) is 3.01. The molecule has 3 aromatic rings. The summed E-state index contributed by atoms with van der Waals surface area (Å²) in [6, 6.07) is 13.7. The fourth-order valence-corrected chi connectivity index (χ4v) is 2.54. The maximum absolute atomic E-state index is 12.4. The van der Waals surface area contributed by atoms with Gasteiger partial charge in [-0.15, -0.1) is 0 Å². The van der Waals surface area contributed by atoms with E-state index in [1.807, 2.05) is 49.4 Å². The van der Waals surface area contributed by atoms with Gasteiger partial charge in [0.25, 0.3) is 5.91 Å². The highest BCUT2D eigenvalue weighted by Crippen LogP contribution is 2.09. The number of fused-ring (bicyclic) bond motifs is 1. The summed E-state index contributed by atoms with van der Waals surface area (Å²) in [5, 5.41) is 11.9. The molecule has 1 aromatic carbocycles. The molecule has 2 N–H and O–H groups in total. The third-order valence-corrected chi connectivity index (χ3v) is 3.81. The molecule has 0 spiro atoms. The van der Waals surface area contributed by atoms with Gasteiger partial charge in [0.15, 0.2) is 0 Å². The molecular weight excluding hydrogens is 306 g/mol. The minimum atomic E-state index is -1.08. The van der Waals surface area contributed by atoms with Gasteiger partial charge in [0, 0.05) is 18.3 Å². The molecule has 0 aliphatic heterocycles. The molecule has 6 nitrogen and oxygen atoms in total. The van der Waals surface area contributed by atoms with Crippen LogP contribution in [0.5, 0.6) is 0 Å². The number of carboxylic acids is 1. The molecule has 122 valence electrons. The minimum absolute atomic E-state index is 0.198. The summed E-state index contributed by atoms with van der Waals surface area (Å²) in [6.07, 6.45) is 1.83. The summed E-state index contributed by atoms with van der Waals surface area (Å²) >= 11 is 0. The number of aryl methyl sites for hydroxylation is 1. The van der Waals surface area contributed by atoms with E-state index in [9.17, 15) is 14.7 Å². The van der Waals surface area contributed by atoms with Crippen molar-refractivity contribution >= 4 is 17.5 Å². The maximum atomic E-state index is 12.4. The highest BCUT2D eigenvalue weighted by atomic mass is 16.4. The van der Waals surface area contributed by atoms with Gasteiger partial charge >= 0.3 is 5.97 Å². The number of nitrogens with one attached hydrogen (secondary N) is 1. The van der Waals surface area contributed by atoms with Gasteiger partial charge in [-0.05, 0) is 24.6 Å². The number of nitrogens with zero attached hydrogens (tertiary/aromatic N) is 2. The average molecular weight is 323 g/mol. The smallest absolute Gasteiger partial charge is 0.326 e. The lowest BCUT2D eigenvalue weighted by molar-refractivity contribution is -0.139. The van der Waals surface area contributed by atoms with Crippen LogP contribution in [0, 0.1) is 6.92 Å². The summed E-state index contributed by atoms with van der Waals surface area (Å²) in [7, 11) is 0. The third-order valence-electron chi connectivity index (χ3n) is 3.81. The fourth-order valence-electron chi connectivity index (χ4n) is 2.54. The van der Waals surface area contributed by atoms with E-state index in [0.717, 1.165) is 11.3 Å². The Kier molecular flexibility index (Phi) is 4.29. The van der Waals surface area contributed by atoms with Gasteiger partial charge in [-0.2, -0.15) is 0 Å². The number of amides is 1. The molecule has 0 saturated heterocycles. The highest BCUT2D eigenvalue weighted by molar-refractivity contribution is 5.95. The first kappa shape index (κ1) is 15.7. The van der Waals surface area contributed by atoms with Crippen molar-refractivity contribution in [3.8, 4) is 0 Å². The van der Waals surface area contributed by atoms with Gasteiger partial charge in [0.2, 0.25) is 0 Å². The van der Waals surface area contributed by atoms with Crippen molar-refractivity contribution in [2.24, 2.45) is 0 Å². The molecule has 0 fully saturated rings. The van der Waals surface area contributed by atoms with Crippen LogP contribution < -0.4 is 5.32 Å². The molecule has 2 heterocycles. The number of aliphatic carboxylic acids is 1. The minimum Gasteiger partial charge on any atom is -0.480 e. The Morgan fingerprint density at radius 3 is 2.58 bits per heavy atom. The van der Waals surface area contributed by atoms with Crippen LogP contribution in [0.1, 0.15) is 21.7 Å². The lowest BCUT2D eigenvalue weighted by Gasteiger charge is -2.13. The number of hydrogen-bond acceptors (Lipinski definition) is 3. The van der Waals surface area contributed by atoms with Gasteiger partial charge in [-0.1, -0.05) is 36.4 Å². The number of carbonyl (C=O) groups is 2. The zero-order valence-corrected chi connectivity index (χ0v) is 13.1. The van der Waals surface area contributed by atoms with Crippen LogP contribution in [-0.2, 0) is 11.2 Å². The van der Waals surface area contributed by atoms with Crippen molar-refractivity contribution in [2.75, 3.05) is 0 Å². The summed E-state index contributed by atoms with van der Waals surface area (Å²) in [4.78, 5) is 28.1. The van der Waals surface area contributed by atoms with Crippen LogP contribution in [0.3, 0.4) is 0 Å². The zero-order valence-electron chi connectivity index (χ0n) is 13.1. The van der Waals surface area contributed by atoms with Gasteiger partial charge in [-0.3, -0.25) is 4.79 Å². The lowest BCUT2D eigenvalue weighted by atomic mass is 10.1. The van der Waals surface area contributed by atoms with E-state index < -0.39 is 17.9 Å². The molecule has 0 aliphatic rings. The Bertz CT molecular complexity index is 887. The normalized spacial score (nSPS) is 12.0. The molecule has 2 aromatic heterocycles. The molecule has 1 atom stereocenters. The van der Waals surface area contributed by atoms with E-state index in [4.69, 9.17) is 0 Å². The molecule has 1 unspecified atom stereocenters. The first-order valence-corrected chi connectivity index (χ1v) is 7.57. The lowest BCUT2D eigenvalue weighted by Crippen LogP contribution is -2.42. The molecule has 0 aliphatic carbocycles. The van der Waals surface area contributed by atoms with Crippen LogP contribution >= 0.6 is 0 Å². The molecule has 0 radical (unpaired) electrons. The predicted octanol–water partition coefficient (Wildman–Crippen LogP) is 2.07. The Morgan fingerprint density at radius 2 is 1.92 bits per heavy atom. The van der Waals surface area contributed by atoms with Crippen LogP contribution in [0.2, 0.25) is 0 Å². The number of benzene rings is 1. The Hall–Kier alpha value is -3.15. The quantitative estimate of drug-likeness (QED) is 0.753. The van der Waals surface area contributed by atoms with Crippen molar-refractivity contribution in [2.45, 2.75) is 19.4 Å². The Labute approximate surface area is 138 Å². The van der Waals surface area contributed by atoms with E-state index in [2.05, 4.69) is 10.3 Å². The van der Waals surface area contributed by atoms with Gasteiger partial charge in [0.05, 0.1) is 0 Å². The molecule has 0 saturated carbocycles. The van der Waals surface area contributed by atoms with Crippen molar-refractivity contribution in [1.29, 1.82) is 0 Å². The second kappa shape index (κ2) is 6.54. The zero-order chi connectivity index (χ0) is 17.1. The van der Waals surface area contributed by atoms with Gasteiger partial charge in [-0.25, -0.2) is 9.78 Å². The molecule has 0 bridgehead atoms. The summed E-state index contributed by atoms with van der Waals surface area (Å²) < 4.78 is 1.79. The van der Waals surface area contributed by atoms with E-state index >= 15 is 0 Å². The largest absolute Gasteiger partial charge is 0.480 e. The van der Waals surface area contributed by atoms with Crippen LogP contribution in [0.4, 0.5) is 0 Å². The number of carbonyl (C=O) groups excluding carboxylic acids is 1. The monoisotopic (exact) mass is 323 g/mol. The van der Waals surface area contributed by atoms with E-state index in [0.29, 0.717) is 5.65 Å². The highest BCUT2D eigenvalue weighted by Gasteiger charge is 2.22. The molecule has 24 heavy (non-hydrogen) atoms. The predicted molar refractivity (Wildman–Crippen MR) is 89.0 cm³/mol. The van der Waals surface area contributed by atoms with Crippen molar-refractivity contribution in [3.63, 3.8) is 0 Å². The van der Waals surface area contributed by atoms with Crippen LogP contribution in [-0.4, -0.2) is 32.4 Å². The topological polar surface area (TPSA) is 83.7 Å². The van der Waals surface area contributed by atoms with Gasteiger partial charge < -0.3 is 14.8 Å². The first-order valence-electron chi connectivity index (χ1n) is 7.57. The molecule has 1 amide bonds. The maximum Gasteiger partial charge on any atom is 0.326 e. The third kappa shape index (κ3) is 3.27. The Balaban J connectivity index is 1.79. The standard InChI is InChI=1S/C18H17N3O3/c1-12-6-5-9-16-19-15(11-21(12)16)17(22)20-14(18(23)24)10-13-7-3-2-4-8-13/h2-9,11,14H,10H2,1H3,(H,20,22)(H,23,24).